The van der Waals surface area contributed by atoms with Gasteiger partial charge < -0.3 is 15.4 Å². The minimum atomic E-state index is -1.83. The summed E-state index contributed by atoms with van der Waals surface area (Å²) in [6.07, 6.45) is 2.98. The topological polar surface area (TPSA) is 102 Å². The van der Waals surface area contributed by atoms with Gasteiger partial charge >= 0.3 is 12.0 Å². The van der Waals surface area contributed by atoms with Crippen LogP contribution in [0.4, 0.5) is 13.6 Å². The number of carboxylic acids is 1. The molecule has 4 rings (SSSR count). The van der Waals surface area contributed by atoms with Gasteiger partial charge in [-0.05, 0) is 35.9 Å². The third-order valence-corrected chi connectivity index (χ3v) is 4.87. The number of hydrogen-bond donors (Lipinski definition) is 3. The molecule has 10 heteroatoms. The predicted molar refractivity (Wildman–Crippen MR) is 103 cm³/mol. The molecule has 0 bridgehead atoms. The van der Waals surface area contributed by atoms with Crippen LogP contribution in [0, 0.1) is 11.6 Å². The molecule has 1 aromatic heterocycles. The summed E-state index contributed by atoms with van der Waals surface area (Å²) in [5, 5.41) is 13.1. The number of urea groups is 1. The van der Waals surface area contributed by atoms with Crippen molar-refractivity contribution in [2.24, 2.45) is 0 Å². The van der Waals surface area contributed by atoms with Crippen LogP contribution < -0.4 is 5.32 Å². The Morgan fingerprint density at radius 1 is 1.13 bits per heavy atom. The highest BCUT2D eigenvalue weighted by Gasteiger charge is 2.43. The second-order valence-electron chi connectivity index (χ2n) is 6.51. The Hall–Kier alpha value is -3.72. The van der Waals surface area contributed by atoms with Crippen molar-refractivity contribution in [3.63, 3.8) is 0 Å². The van der Waals surface area contributed by atoms with Crippen molar-refractivity contribution in [1.29, 1.82) is 0 Å². The van der Waals surface area contributed by atoms with Crippen LogP contribution in [-0.4, -0.2) is 32.9 Å². The van der Waals surface area contributed by atoms with Crippen molar-refractivity contribution in [2.45, 2.75) is 6.04 Å². The molecular weight excluding hydrogens is 420 g/mol. The average Bonchev–Trinajstić information content (AvgIpc) is 3.20. The minimum absolute atomic E-state index is 0.162. The first-order chi connectivity index (χ1) is 14.3. The molecule has 3 amide bonds. The molecule has 1 unspecified atom stereocenters. The number of nitrogens with one attached hydrogen (secondary N) is 2. The van der Waals surface area contributed by atoms with Crippen LogP contribution in [0.15, 0.2) is 48.3 Å². The molecule has 1 aliphatic rings. The second kappa shape index (κ2) is 7.27. The molecule has 1 aliphatic heterocycles. The van der Waals surface area contributed by atoms with Gasteiger partial charge in [0.05, 0.1) is 0 Å². The zero-order chi connectivity index (χ0) is 21.6. The van der Waals surface area contributed by atoms with Crippen molar-refractivity contribution < 1.29 is 28.3 Å². The zero-order valence-electron chi connectivity index (χ0n) is 14.9. The van der Waals surface area contributed by atoms with Crippen molar-refractivity contribution in [3.8, 4) is 0 Å². The number of carboxylic acid groups (broad SMARTS) is 1. The van der Waals surface area contributed by atoms with Crippen LogP contribution in [-0.2, 0) is 9.59 Å². The first-order valence-electron chi connectivity index (χ1n) is 8.57. The van der Waals surface area contributed by atoms with Gasteiger partial charge in [-0.25, -0.2) is 23.3 Å². The van der Waals surface area contributed by atoms with Crippen LogP contribution in [0.25, 0.3) is 17.0 Å². The fraction of sp³-hybridized carbons (Fsp3) is 0.0500. The molecule has 2 heterocycles. The lowest BCUT2D eigenvalue weighted by Crippen LogP contribution is -2.39. The van der Waals surface area contributed by atoms with Crippen LogP contribution in [0.5, 0.6) is 0 Å². The number of hydrogen-bond acceptors (Lipinski definition) is 3. The predicted octanol–water partition coefficient (Wildman–Crippen LogP) is 3.82. The first-order valence-corrected chi connectivity index (χ1v) is 8.94. The van der Waals surface area contributed by atoms with Crippen molar-refractivity contribution >= 4 is 46.5 Å². The summed E-state index contributed by atoms with van der Waals surface area (Å²) in [6.45, 7) is 0. The van der Waals surface area contributed by atoms with E-state index < -0.39 is 35.6 Å². The molecule has 1 fully saturated rings. The van der Waals surface area contributed by atoms with Gasteiger partial charge in [0.15, 0.2) is 17.7 Å². The maximum Gasteiger partial charge on any atom is 0.331 e. The lowest BCUT2D eigenvalue weighted by molar-refractivity contribution is -0.146. The summed E-state index contributed by atoms with van der Waals surface area (Å²) in [4.78, 5) is 40.4. The molecule has 0 radical (unpaired) electrons. The van der Waals surface area contributed by atoms with E-state index in [0.717, 1.165) is 17.5 Å². The van der Waals surface area contributed by atoms with E-state index in [1.807, 2.05) is 0 Å². The van der Waals surface area contributed by atoms with E-state index >= 15 is 0 Å². The molecule has 3 N–H and O–H groups in total. The number of carbonyl (C=O) groups excluding carboxylic acids is 2. The smallest absolute Gasteiger partial charge is 0.331 e. The Labute approximate surface area is 172 Å². The fourth-order valence-corrected chi connectivity index (χ4v) is 3.44. The Kier molecular flexibility index (Phi) is 4.75. The van der Waals surface area contributed by atoms with E-state index in [2.05, 4.69) is 10.3 Å². The maximum absolute atomic E-state index is 13.6. The number of imide groups is 1. The van der Waals surface area contributed by atoms with Gasteiger partial charge in [-0.3, -0.25) is 4.79 Å². The second-order valence-corrected chi connectivity index (χ2v) is 6.95. The number of aromatic amines is 1. The maximum atomic E-state index is 13.6. The highest BCUT2D eigenvalue weighted by molar-refractivity contribution is 6.31. The number of benzene rings is 2. The molecule has 7 nitrogen and oxygen atoms in total. The van der Waals surface area contributed by atoms with Gasteiger partial charge in [0.25, 0.3) is 5.91 Å². The number of rotatable bonds is 4. The number of fused-ring (bicyclic) bond motifs is 1. The van der Waals surface area contributed by atoms with Gasteiger partial charge in [0.1, 0.15) is 5.70 Å². The molecule has 0 saturated carbocycles. The molecule has 152 valence electrons. The first kappa shape index (κ1) is 19.6. The third kappa shape index (κ3) is 3.29. The van der Waals surface area contributed by atoms with Crippen molar-refractivity contribution in [2.75, 3.05) is 0 Å². The van der Waals surface area contributed by atoms with Crippen molar-refractivity contribution in [3.05, 3.63) is 76.1 Å². The van der Waals surface area contributed by atoms with E-state index in [1.165, 1.54) is 6.08 Å². The number of nitrogens with zero attached hydrogens (tertiary/aromatic N) is 1. The van der Waals surface area contributed by atoms with Gasteiger partial charge in [0, 0.05) is 27.7 Å². The summed E-state index contributed by atoms with van der Waals surface area (Å²) >= 11 is 5.94. The molecule has 30 heavy (non-hydrogen) atoms. The minimum Gasteiger partial charge on any atom is -0.479 e. The summed E-state index contributed by atoms with van der Waals surface area (Å²) in [7, 11) is 0. The molecule has 0 spiro atoms. The van der Waals surface area contributed by atoms with Crippen LogP contribution in [0.3, 0.4) is 0 Å². The molecule has 2 aromatic carbocycles. The SMILES string of the molecule is O=C(O)C(c1ccc(F)c(F)c1)N1C(=O)NC(=Cc2c[nH]c3cc(Cl)ccc23)C1=O. The lowest BCUT2D eigenvalue weighted by atomic mass is 10.0. The van der Waals surface area contributed by atoms with Crippen molar-refractivity contribution in [1.82, 2.24) is 15.2 Å². The number of carbonyl (C=O) groups is 3. The quantitative estimate of drug-likeness (QED) is 0.431. The number of aromatic nitrogens is 1. The largest absolute Gasteiger partial charge is 0.479 e. The van der Waals surface area contributed by atoms with Crippen LogP contribution in [0.2, 0.25) is 5.02 Å². The highest BCUT2D eigenvalue weighted by atomic mass is 35.5. The van der Waals surface area contributed by atoms with E-state index in [9.17, 15) is 28.3 Å². The average molecular weight is 432 g/mol. The standard InChI is InChI=1S/C20H12ClF2N3O4/c21-11-2-3-12-10(8-24-15(12)7-11)6-16-18(27)26(20(30)25-16)17(19(28)29)9-1-4-13(22)14(23)5-9/h1-8,17,24H,(H,25,30)(H,28,29). The summed E-state index contributed by atoms with van der Waals surface area (Å²) < 4.78 is 26.8. The molecule has 1 saturated heterocycles. The summed E-state index contributed by atoms with van der Waals surface area (Å²) in [5.74, 6) is -4.97. The molecule has 0 aliphatic carbocycles. The number of amides is 3. The lowest BCUT2D eigenvalue weighted by Gasteiger charge is -2.21. The third-order valence-electron chi connectivity index (χ3n) is 4.64. The van der Waals surface area contributed by atoms with E-state index in [-0.39, 0.29) is 11.3 Å². The van der Waals surface area contributed by atoms with Crippen LogP contribution >= 0.6 is 11.6 Å². The summed E-state index contributed by atoms with van der Waals surface area (Å²) in [5.41, 5.74) is 0.845. The fourth-order valence-electron chi connectivity index (χ4n) is 3.26. The van der Waals surface area contributed by atoms with Gasteiger partial charge in [-0.15, -0.1) is 0 Å². The number of halogens is 3. The summed E-state index contributed by atoms with van der Waals surface area (Å²) in [6, 6.07) is 4.61. The monoisotopic (exact) mass is 431 g/mol. The van der Waals surface area contributed by atoms with E-state index in [4.69, 9.17) is 11.6 Å². The van der Waals surface area contributed by atoms with Gasteiger partial charge in [-0.2, -0.15) is 0 Å². The van der Waals surface area contributed by atoms with Gasteiger partial charge in [-0.1, -0.05) is 23.7 Å². The Morgan fingerprint density at radius 2 is 1.90 bits per heavy atom. The molecular formula is C20H12ClF2N3O4. The Bertz CT molecular complexity index is 1250. The van der Waals surface area contributed by atoms with Crippen LogP contribution in [0.1, 0.15) is 17.2 Å². The normalized spacial score (nSPS) is 16.4. The number of H-pyrrole nitrogens is 1. The highest BCUT2D eigenvalue weighted by Crippen LogP contribution is 2.29. The molecule has 1 atom stereocenters. The number of aliphatic carboxylic acids is 1. The Morgan fingerprint density at radius 3 is 2.60 bits per heavy atom. The zero-order valence-corrected chi connectivity index (χ0v) is 15.7. The molecule has 3 aromatic rings. The van der Waals surface area contributed by atoms with Gasteiger partial charge in [0.2, 0.25) is 0 Å². The Balaban J connectivity index is 1.72. The van der Waals surface area contributed by atoms with E-state index in [1.54, 1.807) is 24.4 Å². The van der Waals surface area contributed by atoms with E-state index in [0.29, 0.717) is 27.1 Å².